The van der Waals surface area contributed by atoms with Gasteiger partial charge in [-0.25, -0.2) is 0 Å². The van der Waals surface area contributed by atoms with Gasteiger partial charge in [-0.3, -0.25) is 4.79 Å². The van der Waals surface area contributed by atoms with Crippen molar-refractivity contribution in [3.05, 3.63) is 54.1 Å². The molecule has 1 aromatic carbocycles. The van der Waals surface area contributed by atoms with Crippen LogP contribution in [-0.2, 0) is 7.05 Å². The molecular formula is C17H14N2O3. The molecule has 0 bridgehead atoms. The van der Waals surface area contributed by atoms with Crippen molar-refractivity contribution >= 4 is 5.78 Å². The van der Waals surface area contributed by atoms with E-state index in [9.17, 15) is 9.90 Å². The number of aromatic nitrogens is 2. The lowest BCUT2D eigenvalue weighted by molar-refractivity contribution is 0.103. The zero-order valence-electron chi connectivity index (χ0n) is 12.2. The van der Waals surface area contributed by atoms with Gasteiger partial charge in [0.05, 0.1) is 18.5 Å². The summed E-state index contributed by atoms with van der Waals surface area (Å²) in [6.45, 7) is 0. The number of methoxy groups -OCH3 is 1. The predicted octanol–water partition coefficient (Wildman–Crippen LogP) is 2.74. The average Bonchev–Trinajstić information content (AvgIpc) is 3.15. The molecule has 0 fully saturated rings. The van der Waals surface area contributed by atoms with Crippen molar-refractivity contribution in [2.45, 2.75) is 0 Å². The molecule has 0 aliphatic carbocycles. The number of benzene rings is 1. The van der Waals surface area contributed by atoms with E-state index in [1.165, 1.54) is 7.11 Å². The fourth-order valence-electron chi connectivity index (χ4n) is 3.08. The number of nitrogens with zero attached hydrogens (tertiary/aromatic N) is 2. The summed E-state index contributed by atoms with van der Waals surface area (Å²) in [6, 6.07) is 8.92. The molecule has 0 amide bonds. The van der Waals surface area contributed by atoms with E-state index >= 15 is 0 Å². The maximum Gasteiger partial charge on any atom is 0.228 e. The standard InChI is InChI=1S/C17H14N2O3/c1-18-9-11(10-5-6-14(22-2)13(20)8-10)15-16(18)17(21)12-4-3-7-19(12)15/h3-9,20H,1-2H3. The summed E-state index contributed by atoms with van der Waals surface area (Å²) in [5.41, 5.74) is 3.93. The molecule has 1 aliphatic heterocycles. The number of hydrogen-bond acceptors (Lipinski definition) is 3. The van der Waals surface area contributed by atoms with Crippen molar-refractivity contribution in [2.75, 3.05) is 7.11 Å². The molecular weight excluding hydrogens is 280 g/mol. The van der Waals surface area contributed by atoms with E-state index in [-0.39, 0.29) is 11.5 Å². The molecule has 5 heteroatoms. The van der Waals surface area contributed by atoms with Gasteiger partial charge in [0.25, 0.3) is 0 Å². The first-order valence-electron chi connectivity index (χ1n) is 6.91. The van der Waals surface area contributed by atoms with E-state index in [1.807, 2.05) is 46.8 Å². The Labute approximate surface area is 127 Å². The third kappa shape index (κ3) is 1.50. The molecule has 3 aromatic rings. The Hall–Kier alpha value is -2.95. The summed E-state index contributed by atoms with van der Waals surface area (Å²) < 4.78 is 8.81. The summed E-state index contributed by atoms with van der Waals surface area (Å²) in [4.78, 5) is 12.5. The maximum absolute atomic E-state index is 12.5. The van der Waals surface area contributed by atoms with Gasteiger partial charge in [-0.05, 0) is 29.8 Å². The van der Waals surface area contributed by atoms with Crippen LogP contribution in [0.4, 0.5) is 0 Å². The summed E-state index contributed by atoms with van der Waals surface area (Å²) in [5, 5.41) is 10.0. The Morgan fingerprint density at radius 2 is 2.05 bits per heavy atom. The molecule has 0 unspecified atom stereocenters. The maximum atomic E-state index is 12.5. The minimum Gasteiger partial charge on any atom is -0.504 e. The molecule has 1 aliphatic rings. The van der Waals surface area contributed by atoms with Gasteiger partial charge in [0.15, 0.2) is 11.5 Å². The Morgan fingerprint density at radius 3 is 2.77 bits per heavy atom. The summed E-state index contributed by atoms with van der Waals surface area (Å²) in [5.74, 6) is 0.523. The highest BCUT2D eigenvalue weighted by Gasteiger charge is 2.32. The van der Waals surface area contributed by atoms with E-state index in [0.29, 0.717) is 17.1 Å². The minimum atomic E-state index is 0.0199. The van der Waals surface area contributed by atoms with Gasteiger partial charge in [-0.15, -0.1) is 0 Å². The van der Waals surface area contributed by atoms with Crippen LogP contribution in [0.25, 0.3) is 16.8 Å². The van der Waals surface area contributed by atoms with Gasteiger partial charge in [-0.1, -0.05) is 6.07 Å². The average molecular weight is 294 g/mol. The van der Waals surface area contributed by atoms with Crippen molar-refractivity contribution in [1.82, 2.24) is 9.13 Å². The van der Waals surface area contributed by atoms with Crippen LogP contribution in [0.3, 0.4) is 0 Å². The van der Waals surface area contributed by atoms with Gasteiger partial charge >= 0.3 is 0 Å². The van der Waals surface area contributed by atoms with E-state index < -0.39 is 0 Å². The SMILES string of the molecule is COc1ccc(-c2cn(C)c3c2-n2cccc2C3=O)cc1O. The first kappa shape index (κ1) is 12.8. The number of hydrogen-bond donors (Lipinski definition) is 1. The number of carbonyl (C=O) groups is 1. The molecule has 1 N–H and O–H groups in total. The number of ketones is 1. The molecule has 2 aromatic heterocycles. The summed E-state index contributed by atoms with van der Waals surface area (Å²) >= 11 is 0. The van der Waals surface area contributed by atoms with E-state index in [4.69, 9.17) is 4.74 Å². The largest absolute Gasteiger partial charge is 0.504 e. The second-order valence-electron chi connectivity index (χ2n) is 5.33. The molecule has 4 rings (SSSR count). The Morgan fingerprint density at radius 1 is 1.23 bits per heavy atom. The Bertz CT molecular complexity index is 918. The van der Waals surface area contributed by atoms with Crippen molar-refractivity contribution in [3.63, 3.8) is 0 Å². The van der Waals surface area contributed by atoms with E-state index in [1.54, 1.807) is 12.1 Å². The molecule has 0 radical (unpaired) electrons. The number of phenolic OH excluding ortho intramolecular Hbond substituents is 1. The Kier molecular flexibility index (Phi) is 2.48. The number of carbonyl (C=O) groups excluding carboxylic acids is 1. The molecule has 0 saturated heterocycles. The lowest BCUT2D eigenvalue weighted by Crippen LogP contribution is -2.02. The van der Waals surface area contributed by atoms with Gasteiger partial charge in [0, 0.05) is 25.0 Å². The quantitative estimate of drug-likeness (QED) is 0.618. The first-order chi connectivity index (χ1) is 10.6. The second-order valence-corrected chi connectivity index (χ2v) is 5.33. The third-order valence-corrected chi connectivity index (χ3v) is 4.08. The summed E-state index contributed by atoms with van der Waals surface area (Å²) in [7, 11) is 3.37. The van der Waals surface area contributed by atoms with Crippen LogP contribution in [0.1, 0.15) is 16.2 Å². The van der Waals surface area contributed by atoms with Crippen molar-refractivity contribution < 1.29 is 14.6 Å². The number of fused-ring (bicyclic) bond motifs is 3. The van der Waals surface area contributed by atoms with Crippen LogP contribution in [0.15, 0.2) is 42.7 Å². The van der Waals surface area contributed by atoms with Crippen molar-refractivity contribution in [1.29, 1.82) is 0 Å². The molecule has 3 heterocycles. The molecule has 110 valence electrons. The highest BCUT2D eigenvalue weighted by atomic mass is 16.5. The summed E-state index contributed by atoms with van der Waals surface area (Å²) in [6.07, 6.45) is 3.79. The number of aromatic hydroxyl groups is 1. The van der Waals surface area contributed by atoms with Gasteiger partial charge in [0.1, 0.15) is 5.69 Å². The van der Waals surface area contributed by atoms with Crippen LogP contribution < -0.4 is 4.74 Å². The van der Waals surface area contributed by atoms with Crippen LogP contribution in [0, 0.1) is 0 Å². The smallest absolute Gasteiger partial charge is 0.228 e. The fraction of sp³-hybridized carbons (Fsp3) is 0.118. The zero-order chi connectivity index (χ0) is 15.4. The Balaban J connectivity index is 1.97. The topological polar surface area (TPSA) is 56.4 Å². The number of ether oxygens (including phenoxy) is 1. The molecule has 22 heavy (non-hydrogen) atoms. The van der Waals surface area contributed by atoms with E-state index in [2.05, 4.69) is 0 Å². The molecule has 0 atom stereocenters. The van der Waals surface area contributed by atoms with Crippen LogP contribution in [0.2, 0.25) is 0 Å². The molecule has 5 nitrogen and oxygen atoms in total. The zero-order valence-corrected chi connectivity index (χ0v) is 12.2. The monoisotopic (exact) mass is 294 g/mol. The predicted molar refractivity (Wildman–Crippen MR) is 81.8 cm³/mol. The van der Waals surface area contributed by atoms with E-state index in [0.717, 1.165) is 16.8 Å². The number of aryl methyl sites for hydroxylation is 1. The van der Waals surface area contributed by atoms with Crippen molar-refractivity contribution in [2.24, 2.45) is 7.05 Å². The van der Waals surface area contributed by atoms with Crippen molar-refractivity contribution in [3.8, 4) is 28.3 Å². The number of rotatable bonds is 2. The van der Waals surface area contributed by atoms with Gasteiger partial charge in [-0.2, -0.15) is 0 Å². The molecule has 0 spiro atoms. The highest BCUT2D eigenvalue weighted by molar-refractivity contribution is 6.15. The second kappa shape index (κ2) is 4.27. The van der Waals surface area contributed by atoms with Crippen LogP contribution in [0.5, 0.6) is 11.5 Å². The fourth-order valence-corrected chi connectivity index (χ4v) is 3.08. The normalized spacial score (nSPS) is 12.4. The lowest BCUT2D eigenvalue weighted by Gasteiger charge is -2.07. The lowest BCUT2D eigenvalue weighted by atomic mass is 10.1. The number of phenols is 1. The van der Waals surface area contributed by atoms with Gasteiger partial charge < -0.3 is 19.0 Å². The first-order valence-corrected chi connectivity index (χ1v) is 6.91. The third-order valence-electron chi connectivity index (χ3n) is 4.08. The molecule has 0 saturated carbocycles. The van der Waals surface area contributed by atoms with Crippen LogP contribution in [-0.4, -0.2) is 27.1 Å². The minimum absolute atomic E-state index is 0.0199. The van der Waals surface area contributed by atoms with Crippen LogP contribution >= 0.6 is 0 Å². The highest BCUT2D eigenvalue weighted by Crippen LogP contribution is 2.40. The van der Waals surface area contributed by atoms with Gasteiger partial charge in [0.2, 0.25) is 5.78 Å².